The molecule has 0 bridgehead atoms. The fourth-order valence-electron chi connectivity index (χ4n) is 1.98. The Hall–Kier alpha value is -3.04. The molecule has 0 saturated carbocycles. The van der Waals surface area contributed by atoms with Crippen molar-refractivity contribution in [1.29, 1.82) is 0 Å². The lowest BCUT2D eigenvalue weighted by Gasteiger charge is -2.11. The van der Waals surface area contributed by atoms with E-state index in [-0.39, 0.29) is 22.6 Å². The first-order valence-corrected chi connectivity index (χ1v) is 5.88. The summed E-state index contributed by atoms with van der Waals surface area (Å²) in [6.45, 7) is 0. The maximum Gasteiger partial charge on any atom is 0.418 e. The van der Waals surface area contributed by atoms with E-state index in [9.17, 15) is 23.3 Å². The zero-order valence-electron chi connectivity index (χ0n) is 10.7. The van der Waals surface area contributed by atoms with Crippen molar-refractivity contribution in [2.45, 2.75) is 6.18 Å². The van der Waals surface area contributed by atoms with Crippen LogP contribution in [0.4, 0.5) is 18.9 Å². The number of hydrogen-bond donors (Lipinski definition) is 0. The maximum absolute atomic E-state index is 13.0. The van der Waals surface area contributed by atoms with Gasteiger partial charge in [0.1, 0.15) is 6.20 Å². The molecule has 0 N–H and O–H groups in total. The molecule has 22 heavy (non-hydrogen) atoms. The number of nitro groups is 1. The molecule has 3 rings (SSSR count). The molecule has 3 aromatic rings. The first-order valence-electron chi connectivity index (χ1n) is 5.88. The number of rotatable bonds is 2. The minimum atomic E-state index is -4.57. The molecule has 0 radical (unpaired) electrons. The summed E-state index contributed by atoms with van der Waals surface area (Å²) in [6, 6.07) is 2.08. The van der Waals surface area contributed by atoms with Gasteiger partial charge < -0.3 is 0 Å². The monoisotopic (exact) mass is 309 g/mol. The largest absolute Gasteiger partial charge is 0.418 e. The Morgan fingerprint density at radius 1 is 1.23 bits per heavy atom. The molecule has 0 amide bonds. The summed E-state index contributed by atoms with van der Waals surface area (Å²) in [5, 5.41) is 14.5. The molecule has 112 valence electrons. The first-order chi connectivity index (χ1) is 10.4. The van der Waals surface area contributed by atoms with E-state index in [2.05, 4.69) is 15.1 Å². The number of fused-ring (bicyclic) bond motifs is 1. The van der Waals surface area contributed by atoms with Gasteiger partial charge in [0.05, 0.1) is 16.2 Å². The molecular formula is C12H6F3N5O2. The van der Waals surface area contributed by atoms with E-state index in [0.29, 0.717) is 0 Å². The van der Waals surface area contributed by atoms with Crippen LogP contribution in [-0.2, 0) is 6.18 Å². The summed E-state index contributed by atoms with van der Waals surface area (Å²) in [4.78, 5) is 17.6. The standard InChI is InChI=1S/C12H6F3N5O2/c13-12(14,15)8-2-1-3-16-10(8)7-4-17-11-9(20(21)22)5-18-19(11)6-7/h1-6H. The van der Waals surface area contributed by atoms with Gasteiger partial charge in [0.15, 0.2) is 0 Å². The van der Waals surface area contributed by atoms with Gasteiger partial charge in [-0.25, -0.2) is 9.50 Å². The smallest absolute Gasteiger partial charge is 0.258 e. The van der Waals surface area contributed by atoms with Crippen LogP contribution in [0.5, 0.6) is 0 Å². The zero-order chi connectivity index (χ0) is 15.9. The molecule has 0 aliphatic rings. The van der Waals surface area contributed by atoms with Gasteiger partial charge in [-0.1, -0.05) is 0 Å². The number of alkyl halides is 3. The van der Waals surface area contributed by atoms with E-state index in [4.69, 9.17) is 0 Å². The zero-order valence-corrected chi connectivity index (χ0v) is 10.7. The fraction of sp³-hybridized carbons (Fsp3) is 0.0833. The molecule has 3 heterocycles. The molecule has 0 spiro atoms. The van der Waals surface area contributed by atoms with E-state index in [1.807, 2.05) is 0 Å². The third-order valence-corrected chi connectivity index (χ3v) is 2.92. The summed E-state index contributed by atoms with van der Waals surface area (Å²) >= 11 is 0. The summed E-state index contributed by atoms with van der Waals surface area (Å²) in [7, 11) is 0. The van der Waals surface area contributed by atoms with Crippen molar-refractivity contribution in [3.8, 4) is 11.3 Å². The van der Waals surface area contributed by atoms with Gasteiger partial charge in [-0.05, 0) is 12.1 Å². The molecule has 0 atom stereocenters. The lowest BCUT2D eigenvalue weighted by Crippen LogP contribution is -2.08. The Kier molecular flexibility index (Phi) is 3.01. The van der Waals surface area contributed by atoms with Crippen molar-refractivity contribution < 1.29 is 18.1 Å². The lowest BCUT2D eigenvalue weighted by atomic mass is 10.1. The molecule has 0 fully saturated rings. The van der Waals surface area contributed by atoms with Crippen molar-refractivity contribution in [2.75, 3.05) is 0 Å². The predicted octanol–water partition coefficient (Wildman–Crippen LogP) is 2.72. The van der Waals surface area contributed by atoms with E-state index >= 15 is 0 Å². The second-order valence-corrected chi connectivity index (χ2v) is 4.30. The van der Waals surface area contributed by atoms with E-state index in [1.165, 1.54) is 18.5 Å². The number of aromatic nitrogens is 4. The Labute approximate surface area is 120 Å². The molecule has 0 aliphatic heterocycles. The molecule has 0 unspecified atom stereocenters. The van der Waals surface area contributed by atoms with Gasteiger partial charge in [0.2, 0.25) is 5.65 Å². The summed E-state index contributed by atoms with van der Waals surface area (Å²) in [5.41, 5.74) is -1.57. The van der Waals surface area contributed by atoms with Gasteiger partial charge in [0, 0.05) is 24.2 Å². The number of halogens is 3. The highest BCUT2D eigenvalue weighted by Crippen LogP contribution is 2.35. The SMILES string of the molecule is O=[N+]([O-])c1cnn2cc(-c3ncccc3C(F)(F)F)cnc12. The van der Waals surface area contributed by atoms with Crippen LogP contribution in [0.25, 0.3) is 16.9 Å². The van der Waals surface area contributed by atoms with Crippen molar-refractivity contribution in [3.63, 3.8) is 0 Å². The second-order valence-electron chi connectivity index (χ2n) is 4.30. The third kappa shape index (κ3) is 2.24. The lowest BCUT2D eigenvalue weighted by molar-refractivity contribution is -0.383. The minimum Gasteiger partial charge on any atom is -0.258 e. The summed E-state index contributed by atoms with van der Waals surface area (Å²) < 4.78 is 40.0. The minimum absolute atomic E-state index is 0.0541. The van der Waals surface area contributed by atoms with Crippen LogP contribution in [0.2, 0.25) is 0 Å². The van der Waals surface area contributed by atoms with Gasteiger partial charge in [-0.3, -0.25) is 15.1 Å². The summed E-state index contributed by atoms with van der Waals surface area (Å²) in [6.07, 6.45) is -0.0569. The van der Waals surface area contributed by atoms with Crippen molar-refractivity contribution in [3.05, 3.63) is 52.6 Å². The van der Waals surface area contributed by atoms with Crippen LogP contribution in [0.1, 0.15) is 5.56 Å². The van der Waals surface area contributed by atoms with Crippen molar-refractivity contribution in [2.24, 2.45) is 0 Å². The fourth-order valence-corrected chi connectivity index (χ4v) is 1.98. The predicted molar refractivity (Wildman–Crippen MR) is 67.9 cm³/mol. The average Bonchev–Trinajstić information content (AvgIpc) is 2.89. The van der Waals surface area contributed by atoms with Crippen molar-refractivity contribution in [1.82, 2.24) is 19.6 Å². The highest BCUT2D eigenvalue weighted by molar-refractivity contribution is 5.66. The second kappa shape index (κ2) is 4.76. The number of pyridine rings is 1. The van der Waals surface area contributed by atoms with E-state index < -0.39 is 16.7 Å². The molecule has 3 aromatic heterocycles. The molecular weight excluding hydrogens is 303 g/mol. The van der Waals surface area contributed by atoms with Crippen LogP contribution >= 0.6 is 0 Å². The Balaban J connectivity index is 2.18. The quantitative estimate of drug-likeness (QED) is 0.536. The van der Waals surface area contributed by atoms with Crippen molar-refractivity contribution >= 4 is 11.3 Å². The number of nitrogens with zero attached hydrogens (tertiary/aromatic N) is 5. The molecule has 0 aliphatic carbocycles. The number of hydrogen-bond acceptors (Lipinski definition) is 5. The normalized spacial score (nSPS) is 11.8. The maximum atomic E-state index is 13.0. The summed E-state index contributed by atoms with van der Waals surface area (Å²) in [5.74, 6) is 0. The first kappa shape index (κ1) is 13.9. The Bertz CT molecular complexity index is 875. The molecule has 0 saturated heterocycles. The van der Waals surface area contributed by atoms with Gasteiger partial charge in [0.25, 0.3) is 0 Å². The highest BCUT2D eigenvalue weighted by Gasteiger charge is 2.34. The van der Waals surface area contributed by atoms with Gasteiger partial charge in [-0.15, -0.1) is 0 Å². The van der Waals surface area contributed by atoms with Crippen LogP contribution in [0.3, 0.4) is 0 Å². The molecule has 10 heteroatoms. The molecule has 7 nitrogen and oxygen atoms in total. The van der Waals surface area contributed by atoms with Crippen LogP contribution in [0.15, 0.2) is 36.9 Å². The average molecular weight is 309 g/mol. The van der Waals surface area contributed by atoms with E-state index in [0.717, 1.165) is 23.0 Å². The highest BCUT2D eigenvalue weighted by atomic mass is 19.4. The van der Waals surface area contributed by atoms with Crippen LogP contribution in [0, 0.1) is 10.1 Å². The van der Waals surface area contributed by atoms with E-state index in [1.54, 1.807) is 0 Å². The topological polar surface area (TPSA) is 86.2 Å². The van der Waals surface area contributed by atoms with Gasteiger partial charge >= 0.3 is 11.9 Å². The molecule has 0 aromatic carbocycles. The Morgan fingerprint density at radius 2 is 2.00 bits per heavy atom. The Morgan fingerprint density at radius 3 is 2.68 bits per heavy atom. The van der Waals surface area contributed by atoms with Gasteiger partial charge in [-0.2, -0.15) is 18.3 Å². The van der Waals surface area contributed by atoms with Crippen LogP contribution < -0.4 is 0 Å². The van der Waals surface area contributed by atoms with Crippen LogP contribution in [-0.4, -0.2) is 24.5 Å². The third-order valence-electron chi connectivity index (χ3n) is 2.92.